The molecule has 3 aromatic rings. The number of aryl methyl sites for hydroxylation is 1. The number of carbonyl (C=O) groups excluding carboxylic acids is 1. The van der Waals surface area contributed by atoms with Crippen molar-refractivity contribution in [2.24, 2.45) is 0 Å². The minimum Gasteiger partial charge on any atom is -0.481 e. The molecule has 0 saturated heterocycles. The van der Waals surface area contributed by atoms with Gasteiger partial charge in [-0.15, -0.1) is 0 Å². The van der Waals surface area contributed by atoms with Crippen molar-refractivity contribution in [2.45, 2.75) is 13.3 Å². The van der Waals surface area contributed by atoms with Gasteiger partial charge >= 0.3 is 0 Å². The molecule has 0 unspecified atom stereocenters. The fraction of sp³-hybridized carbons (Fsp3) is 0.143. The number of nitrogens with one attached hydrogen (secondary N) is 2. The van der Waals surface area contributed by atoms with Crippen LogP contribution in [0.15, 0.2) is 49.3 Å². The van der Waals surface area contributed by atoms with Crippen molar-refractivity contribution in [3.63, 3.8) is 0 Å². The summed E-state index contributed by atoms with van der Waals surface area (Å²) in [6.07, 6.45) is 4.59. The van der Waals surface area contributed by atoms with Gasteiger partial charge in [0.2, 0.25) is 11.8 Å². The third-order valence-electron chi connectivity index (χ3n) is 4.19. The number of methoxy groups -OCH3 is 1. The monoisotopic (exact) mass is 443 g/mol. The number of carbonyl (C=O) groups is 1. The molecule has 154 valence electrons. The van der Waals surface area contributed by atoms with Crippen LogP contribution < -0.4 is 15.4 Å². The standard InChI is InChI=1S/C21H19Cl2N5O2/c1-4-15(29)8-13-7-14(22)5-6-17(13)26-20-16(23)11-25-21(28-20)27-18-9-19(30-3)24-10-12(18)2/h4-7,9-11H,1,8H2,2-3H3,(H2,24,25,26,27,28). The third kappa shape index (κ3) is 5.25. The van der Waals surface area contributed by atoms with Crippen LogP contribution >= 0.6 is 23.2 Å². The van der Waals surface area contributed by atoms with E-state index in [1.165, 1.54) is 12.3 Å². The minimum atomic E-state index is -0.126. The number of benzene rings is 1. The highest BCUT2D eigenvalue weighted by atomic mass is 35.5. The van der Waals surface area contributed by atoms with Crippen molar-refractivity contribution >= 4 is 52.1 Å². The fourth-order valence-corrected chi connectivity index (χ4v) is 2.94. The van der Waals surface area contributed by atoms with E-state index in [4.69, 9.17) is 27.9 Å². The highest BCUT2D eigenvalue weighted by molar-refractivity contribution is 6.33. The van der Waals surface area contributed by atoms with Crippen LogP contribution in [0.2, 0.25) is 10.0 Å². The van der Waals surface area contributed by atoms with Gasteiger partial charge in [0.05, 0.1) is 19.0 Å². The molecule has 2 heterocycles. The molecule has 0 amide bonds. The van der Waals surface area contributed by atoms with E-state index in [1.54, 1.807) is 37.6 Å². The summed E-state index contributed by atoms with van der Waals surface area (Å²) in [4.78, 5) is 24.7. The van der Waals surface area contributed by atoms with E-state index in [-0.39, 0.29) is 12.2 Å². The number of ether oxygens (including phenoxy) is 1. The first-order chi connectivity index (χ1) is 14.4. The summed E-state index contributed by atoms with van der Waals surface area (Å²) >= 11 is 12.4. The van der Waals surface area contributed by atoms with E-state index in [0.29, 0.717) is 38.9 Å². The molecule has 2 aromatic heterocycles. The first-order valence-electron chi connectivity index (χ1n) is 8.90. The number of halogens is 2. The van der Waals surface area contributed by atoms with Gasteiger partial charge in [-0.2, -0.15) is 4.98 Å². The predicted molar refractivity (Wildman–Crippen MR) is 119 cm³/mol. The van der Waals surface area contributed by atoms with Gasteiger partial charge in [-0.25, -0.2) is 9.97 Å². The predicted octanol–water partition coefficient (Wildman–Crippen LogP) is 5.28. The molecule has 0 saturated carbocycles. The molecule has 3 rings (SSSR count). The molecule has 0 fully saturated rings. The molecule has 2 N–H and O–H groups in total. The minimum absolute atomic E-state index is 0.126. The molecule has 0 aliphatic rings. The summed E-state index contributed by atoms with van der Waals surface area (Å²) in [7, 11) is 1.54. The second-order valence-electron chi connectivity index (χ2n) is 6.33. The zero-order valence-corrected chi connectivity index (χ0v) is 17.9. The summed E-state index contributed by atoms with van der Waals surface area (Å²) in [5, 5.41) is 7.13. The molecule has 0 aliphatic carbocycles. The van der Waals surface area contributed by atoms with E-state index in [2.05, 4.69) is 32.2 Å². The third-order valence-corrected chi connectivity index (χ3v) is 4.70. The number of allylic oxidation sites excluding steroid dienone is 1. The zero-order valence-electron chi connectivity index (χ0n) is 16.4. The average molecular weight is 444 g/mol. The second-order valence-corrected chi connectivity index (χ2v) is 7.17. The Hall–Kier alpha value is -3.16. The normalized spacial score (nSPS) is 10.4. The Bertz CT molecular complexity index is 1100. The summed E-state index contributed by atoms with van der Waals surface area (Å²) in [5.74, 6) is 1.05. The number of aromatic nitrogens is 3. The first kappa shape index (κ1) is 21.5. The summed E-state index contributed by atoms with van der Waals surface area (Å²) < 4.78 is 5.16. The highest BCUT2D eigenvalue weighted by Crippen LogP contribution is 2.29. The molecule has 0 atom stereocenters. The van der Waals surface area contributed by atoms with Crippen LogP contribution in [0.5, 0.6) is 5.88 Å². The van der Waals surface area contributed by atoms with Gasteiger partial charge in [-0.3, -0.25) is 4.79 Å². The summed E-state index contributed by atoms with van der Waals surface area (Å²) in [6, 6.07) is 6.94. The molecule has 1 aromatic carbocycles. The number of hydrogen-bond donors (Lipinski definition) is 2. The van der Waals surface area contributed by atoms with Gasteiger partial charge in [-0.1, -0.05) is 29.8 Å². The molecule has 0 bridgehead atoms. The van der Waals surface area contributed by atoms with Crippen molar-refractivity contribution in [2.75, 3.05) is 17.7 Å². The Morgan fingerprint density at radius 2 is 1.97 bits per heavy atom. The van der Waals surface area contributed by atoms with Crippen molar-refractivity contribution in [3.8, 4) is 5.88 Å². The number of hydrogen-bond acceptors (Lipinski definition) is 7. The maximum Gasteiger partial charge on any atom is 0.229 e. The Morgan fingerprint density at radius 1 is 1.17 bits per heavy atom. The van der Waals surface area contributed by atoms with Gasteiger partial charge in [0, 0.05) is 29.4 Å². The maximum atomic E-state index is 11.8. The van der Waals surface area contributed by atoms with E-state index >= 15 is 0 Å². The van der Waals surface area contributed by atoms with Crippen LogP contribution in [-0.2, 0) is 11.2 Å². The van der Waals surface area contributed by atoms with Crippen LogP contribution in [0.4, 0.5) is 23.1 Å². The lowest BCUT2D eigenvalue weighted by molar-refractivity contribution is -0.114. The Balaban J connectivity index is 1.90. The first-order valence-corrected chi connectivity index (χ1v) is 9.66. The lowest BCUT2D eigenvalue weighted by Crippen LogP contribution is -2.06. The van der Waals surface area contributed by atoms with E-state index < -0.39 is 0 Å². The highest BCUT2D eigenvalue weighted by Gasteiger charge is 2.12. The van der Waals surface area contributed by atoms with Crippen molar-refractivity contribution in [1.29, 1.82) is 0 Å². The molecule has 0 aliphatic heterocycles. The molecular weight excluding hydrogens is 425 g/mol. The quantitative estimate of drug-likeness (QED) is 0.457. The fourth-order valence-electron chi connectivity index (χ4n) is 2.60. The number of anilines is 4. The maximum absolute atomic E-state index is 11.8. The van der Waals surface area contributed by atoms with Crippen molar-refractivity contribution < 1.29 is 9.53 Å². The molecule has 0 radical (unpaired) electrons. The van der Waals surface area contributed by atoms with Crippen LogP contribution in [-0.4, -0.2) is 27.8 Å². The Labute approximate surface area is 184 Å². The van der Waals surface area contributed by atoms with Gasteiger partial charge in [0.25, 0.3) is 0 Å². The summed E-state index contributed by atoms with van der Waals surface area (Å²) in [6.45, 7) is 5.41. The number of pyridine rings is 1. The van der Waals surface area contributed by atoms with Crippen LogP contribution in [0.25, 0.3) is 0 Å². The molecule has 9 heteroatoms. The number of rotatable bonds is 8. The molecule has 7 nitrogen and oxygen atoms in total. The van der Waals surface area contributed by atoms with Crippen LogP contribution in [0, 0.1) is 6.92 Å². The van der Waals surface area contributed by atoms with Crippen LogP contribution in [0.1, 0.15) is 11.1 Å². The Morgan fingerprint density at radius 3 is 2.70 bits per heavy atom. The number of ketones is 1. The molecule has 30 heavy (non-hydrogen) atoms. The van der Waals surface area contributed by atoms with Gasteiger partial charge < -0.3 is 15.4 Å². The lowest BCUT2D eigenvalue weighted by atomic mass is 10.1. The molecule has 0 spiro atoms. The Kier molecular flexibility index (Phi) is 6.87. The summed E-state index contributed by atoms with van der Waals surface area (Å²) in [5.41, 5.74) is 3.00. The van der Waals surface area contributed by atoms with E-state index in [0.717, 1.165) is 11.3 Å². The second kappa shape index (κ2) is 9.56. The van der Waals surface area contributed by atoms with Gasteiger partial charge in [0.15, 0.2) is 11.6 Å². The number of nitrogens with zero attached hydrogens (tertiary/aromatic N) is 3. The lowest BCUT2D eigenvalue weighted by Gasteiger charge is -2.14. The average Bonchev–Trinajstić information content (AvgIpc) is 2.73. The van der Waals surface area contributed by atoms with E-state index in [1.807, 2.05) is 6.92 Å². The smallest absolute Gasteiger partial charge is 0.229 e. The largest absolute Gasteiger partial charge is 0.481 e. The van der Waals surface area contributed by atoms with Gasteiger partial charge in [0.1, 0.15) is 5.02 Å². The van der Waals surface area contributed by atoms with Crippen LogP contribution in [0.3, 0.4) is 0 Å². The van der Waals surface area contributed by atoms with Crippen molar-refractivity contribution in [3.05, 3.63) is 70.5 Å². The van der Waals surface area contributed by atoms with E-state index in [9.17, 15) is 4.79 Å². The van der Waals surface area contributed by atoms with Crippen molar-refractivity contribution in [1.82, 2.24) is 15.0 Å². The zero-order chi connectivity index (χ0) is 21.7. The topological polar surface area (TPSA) is 89.0 Å². The molecular formula is C21H19Cl2N5O2. The SMILES string of the molecule is C=CC(=O)Cc1cc(Cl)ccc1Nc1nc(Nc2cc(OC)ncc2C)ncc1Cl. The van der Waals surface area contributed by atoms with Gasteiger partial charge in [-0.05, 0) is 42.3 Å².